The molecule has 116 valence electrons. The number of ether oxygens (including phenoxy) is 1. The summed E-state index contributed by atoms with van der Waals surface area (Å²) in [6.07, 6.45) is 3.57. The van der Waals surface area contributed by atoms with E-state index in [0.29, 0.717) is 0 Å². The van der Waals surface area contributed by atoms with Gasteiger partial charge in [-0.05, 0) is 30.3 Å². The van der Waals surface area contributed by atoms with Gasteiger partial charge in [-0.1, -0.05) is 12.1 Å². The Labute approximate surface area is 134 Å². The van der Waals surface area contributed by atoms with Crippen LogP contribution in [-0.2, 0) is 4.74 Å². The van der Waals surface area contributed by atoms with Crippen molar-refractivity contribution in [2.75, 3.05) is 31.2 Å². The van der Waals surface area contributed by atoms with E-state index < -0.39 is 0 Å². The van der Waals surface area contributed by atoms with E-state index in [2.05, 4.69) is 50.4 Å². The van der Waals surface area contributed by atoms with Gasteiger partial charge in [-0.2, -0.15) is 5.10 Å². The zero-order chi connectivity index (χ0) is 15.5. The van der Waals surface area contributed by atoms with Crippen LogP contribution < -0.4 is 4.90 Å². The molecule has 23 heavy (non-hydrogen) atoms. The Morgan fingerprint density at radius 3 is 2.61 bits per heavy atom. The number of rotatable bonds is 3. The highest BCUT2D eigenvalue weighted by atomic mass is 16.5. The molecule has 1 aliphatic heterocycles. The molecule has 0 atom stereocenters. The van der Waals surface area contributed by atoms with Gasteiger partial charge in [0.2, 0.25) is 0 Å². The maximum atomic E-state index is 5.42. The molecule has 1 saturated heterocycles. The molecule has 3 heterocycles. The topological polar surface area (TPSA) is 54.0 Å². The number of benzene rings is 1. The molecule has 5 nitrogen and oxygen atoms in total. The number of hydrogen-bond acceptors (Lipinski definition) is 4. The second-order valence-corrected chi connectivity index (χ2v) is 5.55. The number of anilines is 1. The molecule has 1 fully saturated rings. The van der Waals surface area contributed by atoms with Crippen molar-refractivity contribution in [3.05, 3.63) is 54.9 Å². The Kier molecular flexibility index (Phi) is 3.78. The number of aromatic nitrogens is 3. The van der Waals surface area contributed by atoms with Crippen LogP contribution in [0.4, 0.5) is 5.69 Å². The van der Waals surface area contributed by atoms with E-state index in [1.165, 1.54) is 5.69 Å². The van der Waals surface area contributed by atoms with Crippen LogP contribution in [0.2, 0.25) is 0 Å². The van der Waals surface area contributed by atoms with E-state index >= 15 is 0 Å². The van der Waals surface area contributed by atoms with Gasteiger partial charge in [0.25, 0.3) is 0 Å². The normalized spacial score (nSPS) is 14.9. The van der Waals surface area contributed by atoms with Crippen LogP contribution in [0.1, 0.15) is 0 Å². The molecule has 1 aromatic carbocycles. The largest absolute Gasteiger partial charge is 0.378 e. The predicted molar refractivity (Wildman–Crippen MR) is 90.3 cm³/mol. The number of nitrogens with one attached hydrogen (secondary N) is 1. The Morgan fingerprint density at radius 2 is 1.78 bits per heavy atom. The van der Waals surface area contributed by atoms with Crippen molar-refractivity contribution in [1.29, 1.82) is 0 Å². The molecule has 0 amide bonds. The van der Waals surface area contributed by atoms with Crippen molar-refractivity contribution in [1.82, 2.24) is 15.2 Å². The quantitative estimate of drug-likeness (QED) is 0.808. The highest BCUT2D eigenvalue weighted by Crippen LogP contribution is 2.27. The van der Waals surface area contributed by atoms with Crippen molar-refractivity contribution >= 4 is 5.69 Å². The van der Waals surface area contributed by atoms with Crippen molar-refractivity contribution in [2.45, 2.75) is 0 Å². The summed E-state index contributed by atoms with van der Waals surface area (Å²) in [5, 5.41) is 7.57. The van der Waals surface area contributed by atoms with E-state index in [1.54, 1.807) is 12.4 Å². The fraction of sp³-hybridized carbons (Fsp3) is 0.222. The molecule has 3 aromatic rings. The van der Waals surface area contributed by atoms with E-state index in [4.69, 9.17) is 4.74 Å². The number of pyridine rings is 1. The van der Waals surface area contributed by atoms with Crippen molar-refractivity contribution in [3.8, 4) is 22.5 Å². The van der Waals surface area contributed by atoms with Gasteiger partial charge in [0.05, 0.1) is 24.6 Å². The smallest absolute Gasteiger partial charge is 0.0927 e. The second-order valence-electron chi connectivity index (χ2n) is 5.55. The lowest BCUT2D eigenvalue weighted by Crippen LogP contribution is -2.36. The molecule has 1 aliphatic rings. The zero-order valence-electron chi connectivity index (χ0n) is 12.8. The van der Waals surface area contributed by atoms with Gasteiger partial charge in [-0.15, -0.1) is 0 Å². The summed E-state index contributed by atoms with van der Waals surface area (Å²) >= 11 is 0. The Balaban J connectivity index is 1.62. The van der Waals surface area contributed by atoms with E-state index in [0.717, 1.165) is 48.8 Å². The van der Waals surface area contributed by atoms with Crippen molar-refractivity contribution in [2.24, 2.45) is 0 Å². The van der Waals surface area contributed by atoms with Gasteiger partial charge in [-0.25, -0.2) is 0 Å². The fourth-order valence-electron chi connectivity index (χ4n) is 2.83. The highest BCUT2D eigenvalue weighted by Gasteiger charge is 2.12. The first-order chi connectivity index (χ1) is 11.4. The lowest BCUT2D eigenvalue weighted by atomic mass is 10.1. The van der Waals surface area contributed by atoms with Crippen LogP contribution in [0.3, 0.4) is 0 Å². The van der Waals surface area contributed by atoms with Crippen LogP contribution in [0.15, 0.2) is 54.9 Å². The SMILES string of the molecule is c1cc(-c2cc(-c3ccncc3)[nH]n2)cc(N2CCOCC2)c1. The van der Waals surface area contributed by atoms with Gasteiger partial charge in [0.15, 0.2) is 0 Å². The highest BCUT2D eigenvalue weighted by molar-refractivity contribution is 5.70. The predicted octanol–water partition coefficient (Wildman–Crippen LogP) is 2.98. The monoisotopic (exact) mass is 306 g/mol. The van der Waals surface area contributed by atoms with E-state index in [9.17, 15) is 0 Å². The maximum absolute atomic E-state index is 5.42. The molecule has 0 bridgehead atoms. The standard InChI is InChI=1S/C18H18N4O/c1-2-15(12-16(3-1)22-8-10-23-11-9-22)18-13-17(20-21-18)14-4-6-19-7-5-14/h1-7,12-13H,8-11H2,(H,20,21). The van der Waals surface area contributed by atoms with Gasteiger partial charge in [0.1, 0.15) is 0 Å². The minimum atomic E-state index is 0.790. The number of morpholine rings is 1. The number of nitrogens with zero attached hydrogens (tertiary/aromatic N) is 3. The summed E-state index contributed by atoms with van der Waals surface area (Å²) in [4.78, 5) is 6.40. The third-order valence-electron chi connectivity index (χ3n) is 4.09. The minimum Gasteiger partial charge on any atom is -0.378 e. The third kappa shape index (κ3) is 2.96. The zero-order valence-corrected chi connectivity index (χ0v) is 12.8. The molecule has 0 radical (unpaired) electrons. The number of H-pyrrole nitrogens is 1. The molecule has 1 N–H and O–H groups in total. The number of hydrogen-bond donors (Lipinski definition) is 1. The van der Waals surface area contributed by atoms with E-state index in [-0.39, 0.29) is 0 Å². The molecule has 0 unspecified atom stereocenters. The van der Waals surface area contributed by atoms with Crippen LogP contribution in [0, 0.1) is 0 Å². The molecule has 0 saturated carbocycles. The lowest BCUT2D eigenvalue weighted by Gasteiger charge is -2.29. The van der Waals surface area contributed by atoms with Crippen LogP contribution >= 0.6 is 0 Å². The molecular weight excluding hydrogens is 288 g/mol. The minimum absolute atomic E-state index is 0.790. The summed E-state index contributed by atoms with van der Waals surface area (Å²) in [7, 11) is 0. The first-order valence-corrected chi connectivity index (χ1v) is 7.79. The van der Waals surface area contributed by atoms with E-state index in [1.807, 2.05) is 12.1 Å². The molecule has 0 aliphatic carbocycles. The first kappa shape index (κ1) is 14.0. The summed E-state index contributed by atoms with van der Waals surface area (Å²) in [5.41, 5.74) is 5.37. The average Bonchev–Trinajstić information content (AvgIpc) is 3.14. The first-order valence-electron chi connectivity index (χ1n) is 7.79. The van der Waals surface area contributed by atoms with Gasteiger partial charge in [0, 0.05) is 42.3 Å². The Bertz CT molecular complexity index is 778. The Morgan fingerprint density at radius 1 is 0.957 bits per heavy atom. The summed E-state index contributed by atoms with van der Waals surface area (Å²) < 4.78 is 5.42. The lowest BCUT2D eigenvalue weighted by molar-refractivity contribution is 0.122. The average molecular weight is 306 g/mol. The van der Waals surface area contributed by atoms with Gasteiger partial charge < -0.3 is 9.64 Å². The van der Waals surface area contributed by atoms with Crippen LogP contribution in [-0.4, -0.2) is 41.5 Å². The molecule has 4 rings (SSSR count). The molecule has 5 heteroatoms. The summed E-state index contributed by atoms with van der Waals surface area (Å²) in [6.45, 7) is 3.45. The summed E-state index contributed by atoms with van der Waals surface area (Å²) in [6, 6.07) is 14.5. The summed E-state index contributed by atoms with van der Waals surface area (Å²) in [5.74, 6) is 0. The fourth-order valence-corrected chi connectivity index (χ4v) is 2.83. The second kappa shape index (κ2) is 6.22. The third-order valence-corrected chi connectivity index (χ3v) is 4.09. The number of aromatic amines is 1. The molecular formula is C18H18N4O. The Hall–Kier alpha value is -2.66. The van der Waals surface area contributed by atoms with Gasteiger partial charge in [-0.3, -0.25) is 10.1 Å². The van der Waals surface area contributed by atoms with Crippen LogP contribution in [0.5, 0.6) is 0 Å². The van der Waals surface area contributed by atoms with Crippen molar-refractivity contribution < 1.29 is 4.74 Å². The van der Waals surface area contributed by atoms with Crippen molar-refractivity contribution in [3.63, 3.8) is 0 Å². The maximum Gasteiger partial charge on any atom is 0.0927 e. The molecule has 2 aromatic heterocycles. The van der Waals surface area contributed by atoms with Gasteiger partial charge >= 0.3 is 0 Å². The molecule has 0 spiro atoms. The van der Waals surface area contributed by atoms with Crippen LogP contribution in [0.25, 0.3) is 22.5 Å².